The number of hydrogen-bond donors (Lipinski definition) is 1. The Kier molecular flexibility index (Phi) is 6.82. The first kappa shape index (κ1) is 15.6. The number of nitrogens with two attached hydrogens (primary N) is 1. The molecular weight excluding hydrogens is 295 g/mol. The molecule has 1 aromatic rings. The molecule has 0 saturated carbocycles. The van der Waals surface area contributed by atoms with Crippen molar-refractivity contribution in [2.24, 2.45) is 5.73 Å². The lowest BCUT2D eigenvalue weighted by Crippen LogP contribution is -2.35. The van der Waals surface area contributed by atoms with Gasteiger partial charge in [0.2, 0.25) is 0 Å². The second kappa shape index (κ2) is 7.87. The molecule has 2 nitrogen and oxygen atoms in total. The Morgan fingerprint density at radius 3 is 2.33 bits per heavy atom. The molecule has 0 fully saturated rings. The Labute approximate surface area is 117 Å². The topological polar surface area (TPSA) is 29.3 Å². The van der Waals surface area contributed by atoms with E-state index in [0.29, 0.717) is 11.0 Å². The summed E-state index contributed by atoms with van der Waals surface area (Å²) in [5, 5.41) is 0. The first-order valence-electron chi connectivity index (χ1n) is 6.53. The van der Waals surface area contributed by atoms with Gasteiger partial charge < -0.3 is 5.73 Å². The highest BCUT2D eigenvalue weighted by Crippen LogP contribution is 2.24. The molecule has 0 aliphatic rings. The Balaban J connectivity index is 2.94. The van der Waals surface area contributed by atoms with Crippen LogP contribution in [0.1, 0.15) is 38.3 Å². The smallest absolute Gasteiger partial charge is 0.137 e. The van der Waals surface area contributed by atoms with Gasteiger partial charge in [0.05, 0.1) is 4.47 Å². The quantitative estimate of drug-likeness (QED) is 0.831. The van der Waals surface area contributed by atoms with Gasteiger partial charge in [-0.15, -0.1) is 0 Å². The van der Waals surface area contributed by atoms with Gasteiger partial charge in [-0.05, 0) is 59.6 Å². The van der Waals surface area contributed by atoms with Crippen molar-refractivity contribution in [3.63, 3.8) is 0 Å². The summed E-state index contributed by atoms with van der Waals surface area (Å²) >= 11 is 3.18. The van der Waals surface area contributed by atoms with Crippen molar-refractivity contribution in [2.45, 2.75) is 32.7 Å². The maximum absolute atomic E-state index is 13.6. The standard InChI is InChI=1S/C14H22BrFN2/c1-3-7-18(8-4-2)14(10-17)11-5-6-12(15)13(16)9-11/h5-6,9,14H,3-4,7-8,10,17H2,1-2H3. The third kappa shape index (κ3) is 4.04. The number of hydrogen-bond acceptors (Lipinski definition) is 2. The Hall–Kier alpha value is -0.450. The minimum atomic E-state index is -0.223. The van der Waals surface area contributed by atoms with Crippen LogP contribution in [-0.2, 0) is 0 Å². The number of nitrogens with zero attached hydrogens (tertiary/aromatic N) is 1. The lowest BCUT2D eigenvalue weighted by Gasteiger charge is -2.30. The van der Waals surface area contributed by atoms with Crippen molar-refractivity contribution < 1.29 is 4.39 Å². The van der Waals surface area contributed by atoms with E-state index in [-0.39, 0.29) is 11.9 Å². The Morgan fingerprint density at radius 1 is 1.28 bits per heavy atom. The van der Waals surface area contributed by atoms with Crippen LogP contribution in [0.15, 0.2) is 22.7 Å². The van der Waals surface area contributed by atoms with E-state index in [4.69, 9.17) is 5.73 Å². The third-order valence-electron chi connectivity index (χ3n) is 3.01. The van der Waals surface area contributed by atoms with E-state index in [1.807, 2.05) is 6.07 Å². The highest BCUT2D eigenvalue weighted by Gasteiger charge is 2.18. The molecule has 0 saturated heterocycles. The molecule has 1 atom stereocenters. The molecule has 0 spiro atoms. The summed E-state index contributed by atoms with van der Waals surface area (Å²) in [7, 11) is 0. The van der Waals surface area contributed by atoms with Gasteiger partial charge in [-0.3, -0.25) is 4.90 Å². The van der Waals surface area contributed by atoms with E-state index in [2.05, 4.69) is 34.7 Å². The zero-order chi connectivity index (χ0) is 13.5. The number of rotatable bonds is 7. The van der Waals surface area contributed by atoms with Gasteiger partial charge in [0.25, 0.3) is 0 Å². The van der Waals surface area contributed by atoms with E-state index in [9.17, 15) is 4.39 Å². The largest absolute Gasteiger partial charge is 0.329 e. The molecular formula is C14H22BrFN2. The van der Waals surface area contributed by atoms with E-state index >= 15 is 0 Å². The number of halogens is 2. The van der Waals surface area contributed by atoms with E-state index < -0.39 is 0 Å². The van der Waals surface area contributed by atoms with Crippen molar-refractivity contribution in [3.8, 4) is 0 Å². The average molecular weight is 317 g/mol. The van der Waals surface area contributed by atoms with Gasteiger partial charge in [0.1, 0.15) is 5.82 Å². The fourth-order valence-corrected chi connectivity index (χ4v) is 2.46. The minimum absolute atomic E-state index is 0.104. The first-order valence-corrected chi connectivity index (χ1v) is 7.32. The number of benzene rings is 1. The highest BCUT2D eigenvalue weighted by atomic mass is 79.9. The molecule has 1 unspecified atom stereocenters. The van der Waals surface area contributed by atoms with Gasteiger partial charge in [-0.2, -0.15) is 0 Å². The van der Waals surface area contributed by atoms with E-state index in [1.54, 1.807) is 12.1 Å². The molecule has 1 aromatic carbocycles. The van der Waals surface area contributed by atoms with E-state index in [0.717, 1.165) is 31.5 Å². The Bertz CT molecular complexity index is 365. The van der Waals surface area contributed by atoms with Crippen LogP contribution in [0, 0.1) is 5.82 Å². The minimum Gasteiger partial charge on any atom is -0.329 e. The van der Waals surface area contributed by atoms with Gasteiger partial charge in [-0.25, -0.2) is 4.39 Å². The summed E-state index contributed by atoms with van der Waals surface area (Å²) in [5.74, 6) is -0.223. The van der Waals surface area contributed by atoms with Crippen LogP contribution >= 0.6 is 15.9 Å². The van der Waals surface area contributed by atoms with Gasteiger partial charge in [-0.1, -0.05) is 19.9 Å². The molecule has 0 bridgehead atoms. The second-order valence-corrected chi connectivity index (χ2v) is 5.32. The fraction of sp³-hybridized carbons (Fsp3) is 0.571. The Morgan fingerprint density at radius 2 is 1.89 bits per heavy atom. The molecule has 0 heterocycles. The first-order chi connectivity index (χ1) is 8.63. The van der Waals surface area contributed by atoms with Crippen LogP contribution in [0.2, 0.25) is 0 Å². The van der Waals surface area contributed by atoms with Crippen LogP contribution in [0.5, 0.6) is 0 Å². The zero-order valence-corrected chi connectivity index (χ0v) is 12.7. The van der Waals surface area contributed by atoms with Gasteiger partial charge >= 0.3 is 0 Å². The van der Waals surface area contributed by atoms with Crippen LogP contribution < -0.4 is 5.73 Å². The van der Waals surface area contributed by atoms with Crippen molar-refractivity contribution in [1.82, 2.24) is 4.90 Å². The highest BCUT2D eigenvalue weighted by molar-refractivity contribution is 9.10. The van der Waals surface area contributed by atoms with Crippen molar-refractivity contribution >= 4 is 15.9 Å². The maximum atomic E-state index is 13.6. The molecule has 0 aromatic heterocycles. The normalized spacial score (nSPS) is 13.0. The lowest BCUT2D eigenvalue weighted by atomic mass is 10.0. The molecule has 0 radical (unpaired) electrons. The van der Waals surface area contributed by atoms with E-state index in [1.165, 1.54) is 0 Å². The van der Waals surface area contributed by atoms with Crippen LogP contribution in [-0.4, -0.2) is 24.5 Å². The molecule has 18 heavy (non-hydrogen) atoms. The fourth-order valence-electron chi connectivity index (χ4n) is 2.21. The second-order valence-electron chi connectivity index (χ2n) is 4.46. The summed E-state index contributed by atoms with van der Waals surface area (Å²) in [6, 6.07) is 5.39. The zero-order valence-electron chi connectivity index (χ0n) is 11.1. The van der Waals surface area contributed by atoms with Crippen LogP contribution in [0.4, 0.5) is 4.39 Å². The van der Waals surface area contributed by atoms with Crippen LogP contribution in [0.25, 0.3) is 0 Å². The van der Waals surface area contributed by atoms with Gasteiger partial charge in [0, 0.05) is 12.6 Å². The summed E-state index contributed by atoms with van der Waals surface area (Å²) in [6.45, 7) is 6.80. The maximum Gasteiger partial charge on any atom is 0.137 e. The van der Waals surface area contributed by atoms with Crippen molar-refractivity contribution in [2.75, 3.05) is 19.6 Å². The molecule has 0 amide bonds. The lowest BCUT2D eigenvalue weighted by molar-refractivity contribution is 0.201. The summed E-state index contributed by atoms with van der Waals surface area (Å²) < 4.78 is 14.1. The molecule has 0 aliphatic heterocycles. The third-order valence-corrected chi connectivity index (χ3v) is 3.66. The molecule has 0 aliphatic carbocycles. The van der Waals surface area contributed by atoms with Crippen molar-refractivity contribution in [3.05, 3.63) is 34.1 Å². The van der Waals surface area contributed by atoms with Crippen LogP contribution in [0.3, 0.4) is 0 Å². The average Bonchev–Trinajstić information content (AvgIpc) is 2.35. The summed E-state index contributed by atoms with van der Waals surface area (Å²) in [6.07, 6.45) is 2.16. The predicted molar refractivity (Wildman–Crippen MR) is 78.1 cm³/mol. The molecule has 1 rings (SSSR count). The molecule has 102 valence electrons. The van der Waals surface area contributed by atoms with Gasteiger partial charge in [0.15, 0.2) is 0 Å². The monoisotopic (exact) mass is 316 g/mol. The molecule has 4 heteroatoms. The summed E-state index contributed by atoms with van der Waals surface area (Å²) in [5.41, 5.74) is 6.84. The van der Waals surface area contributed by atoms with Crippen molar-refractivity contribution in [1.29, 1.82) is 0 Å². The summed E-state index contributed by atoms with van der Waals surface area (Å²) in [4.78, 5) is 2.34. The predicted octanol–water partition coefficient (Wildman–Crippen LogP) is 3.71. The SMILES string of the molecule is CCCN(CCC)C(CN)c1ccc(Br)c(F)c1. The molecule has 2 N–H and O–H groups in total.